The van der Waals surface area contributed by atoms with E-state index in [1.165, 1.54) is 21.7 Å². The second kappa shape index (κ2) is 7.63. The van der Waals surface area contributed by atoms with Gasteiger partial charge in [0, 0.05) is 21.5 Å². The van der Waals surface area contributed by atoms with E-state index in [1.54, 1.807) is 7.11 Å². The number of methoxy groups -OCH3 is 1. The molecule has 0 bridgehead atoms. The van der Waals surface area contributed by atoms with Crippen LogP contribution >= 0.6 is 11.6 Å². The lowest BCUT2D eigenvalue weighted by molar-refractivity contribution is 0.417. The number of halogens is 1. The van der Waals surface area contributed by atoms with E-state index >= 15 is 0 Å². The van der Waals surface area contributed by atoms with Crippen LogP contribution in [0.3, 0.4) is 0 Å². The minimum atomic E-state index is 0.706. The average molecular weight is 379 g/mol. The number of nitrogens with one attached hydrogen (secondary N) is 1. The number of rotatable bonds is 6. The van der Waals surface area contributed by atoms with E-state index in [9.17, 15) is 0 Å². The quantitative estimate of drug-likeness (QED) is 0.408. The van der Waals surface area contributed by atoms with Gasteiger partial charge in [0.15, 0.2) is 0 Å². The maximum Gasteiger partial charge on any atom is 0.128 e. The summed E-state index contributed by atoms with van der Waals surface area (Å²) in [6.45, 7) is 0.706. The summed E-state index contributed by atoms with van der Waals surface area (Å²) < 4.78 is 5.74. The van der Waals surface area contributed by atoms with E-state index < -0.39 is 0 Å². The van der Waals surface area contributed by atoms with Crippen molar-refractivity contribution in [2.45, 2.75) is 19.3 Å². The Labute approximate surface area is 164 Å². The second-order valence-electron chi connectivity index (χ2n) is 6.81. The third-order valence-electron chi connectivity index (χ3n) is 5.09. The van der Waals surface area contributed by atoms with Crippen molar-refractivity contribution in [2.24, 2.45) is 5.73 Å². The maximum absolute atomic E-state index is 6.29. The molecule has 0 radical (unpaired) electrons. The number of H-pyrrole nitrogens is 1. The van der Waals surface area contributed by atoms with Crippen LogP contribution in [0.2, 0.25) is 5.02 Å². The van der Waals surface area contributed by atoms with Gasteiger partial charge in [-0.2, -0.15) is 0 Å². The van der Waals surface area contributed by atoms with Crippen LogP contribution < -0.4 is 10.5 Å². The van der Waals surface area contributed by atoms with E-state index in [-0.39, 0.29) is 0 Å². The van der Waals surface area contributed by atoms with Crippen molar-refractivity contribution >= 4 is 33.3 Å². The van der Waals surface area contributed by atoms with Crippen molar-refractivity contribution in [3.8, 4) is 17.0 Å². The molecule has 0 aliphatic rings. The molecule has 4 heteroatoms. The number of ether oxygens (including phenoxy) is 1. The first-order valence-corrected chi connectivity index (χ1v) is 9.66. The molecule has 3 aromatic carbocycles. The number of fused-ring (bicyclic) bond motifs is 2. The number of unbranched alkanes of at least 4 members (excludes halogenated alkanes) is 1. The molecule has 0 amide bonds. The Morgan fingerprint density at radius 2 is 1.78 bits per heavy atom. The number of hydrogen-bond donors (Lipinski definition) is 2. The predicted molar refractivity (Wildman–Crippen MR) is 115 cm³/mol. The van der Waals surface area contributed by atoms with Crippen LogP contribution in [0.5, 0.6) is 5.75 Å². The van der Waals surface area contributed by atoms with Gasteiger partial charge in [0.1, 0.15) is 5.75 Å². The summed E-state index contributed by atoms with van der Waals surface area (Å²) in [5, 5.41) is 4.28. The lowest BCUT2D eigenvalue weighted by Crippen LogP contribution is -1.99. The van der Waals surface area contributed by atoms with Crippen LogP contribution in [-0.2, 0) is 6.42 Å². The van der Waals surface area contributed by atoms with Crippen LogP contribution in [-0.4, -0.2) is 18.6 Å². The van der Waals surface area contributed by atoms with Crippen molar-refractivity contribution in [1.82, 2.24) is 4.98 Å². The molecule has 1 heterocycles. The molecule has 1 aromatic heterocycles. The van der Waals surface area contributed by atoms with Crippen molar-refractivity contribution in [2.75, 3.05) is 13.7 Å². The second-order valence-corrected chi connectivity index (χ2v) is 7.25. The highest BCUT2D eigenvalue weighted by atomic mass is 35.5. The van der Waals surface area contributed by atoms with Gasteiger partial charge in [0.25, 0.3) is 0 Å². The Balaban J connectivity index is 1.94. The standard InChI is InChI=1S/C23H23ClN2O/c1-27-22-13-16-7-3-2-6-15(16)12-20(22)23-18(8-4-5-11-25)19-14-17(24)9-10-21(19)26-23/h2-3,6-7,9-10,12-14,26H,4-5,8,11,25H2,1H3. The Kier molecular flexibility index (Phi) is 5.06. The first-order chi connectivity index (χ1) is 13.2. The molecule has 0 atom stereocenters. The van der Waals surface area contributed by atoms with Crippen molar-refractivity contribution in [3.63, 3.8) is 0 Å². The Morgan fingerprint density at radius 1 is 1.00 bits per heavy atom. The summed E-state index contributed by atoms with van der Waals surface area (Å²) in [6, 6.07) is 18.7. The third-order valence-corrected chi connectivity index (χ3v) is 5.32. The molecule has 0 saturated carbocycles. The highest BCUT2D eigenvalue weighted by Crippen LogP contribution is 2.39. The minimum absolute atomic E-state index is 0.706. The SMILES string of the molecule is COc1cc2ccccc2cc1-c1[nH]c2ccc(Cl)cc2c1CCCCN. The molecule has 3 N–H and O–H groups in total. The van der Waals surface area contributed by atoms with Gasteiger partial charge in [0.2, 0.25) is 0 Å². The van der Waals surface area contributed by atoms with Crippen LogP contribution in [0.15, 0.2) is 54.6 Å². The lowest BCUT2D eigenvalue weighted by Gasteiger charge is -2.12. The average Bonchev–Trinajstić information content (AvgIpc) is 3.04. The van der Waals surface area contributed by atoms with Gasteiger partial charge in [-0.05, 0) is 72.5 Å². The highest BCUT2D eigenvalue weighted by molar-refractivity contribution is 6.31. The molecule has 0 saturated heterocycles. The first-order valence-electron chi connectivity index (χ1n) is 9.28. The van der Waals surface area contributed by atoms with Gasteiger partial charge in [-0.25, -0.2) is 0 Å². The molecule has 138 valence electrons. The van der Waals surface area contributed by atoms with Gasteiger partial charge in [-0.1, -0.05) is 35.9 Å². The molecule has 0 spiro atoms. The molecule has 4 aromatic rings. The van der Waals surface area contributed by atoms with Gasteiger partial charge >= 0.3 is 0 Å². The molecule has 0 fully saturated rings. The van der Waals surface area contributed by atoms with Crippen LogP contribution in [0.4, 0.5) is 0 Å². The zero-order valence-corrected chi connectivity index (χ0v) is 16.1. The number of benzene rings is 3. The fraction of sp³-hybridized carbons (Fsp3) is 0.217. The topological polar surface area (TPSA) is 51.0 Å². The van der Waals surface area contributed by atoms with Gasteiger partial charge in [-0.15, -0.1) is 0 Å². The molecular weight excluding hydrogens is 356 g/mol. The van der Waals surface area contributed by atoms with Gasteiger partial charge < -0.3 is 15.5 Å². The number of nitrogens with two attached hydrogens (primary N) is 1. The fourth-order valence-corrected chi connectivity index (χ4v) is 3.91. The molecule has 0 aliphatic carbocycles. The monoisotopic (exact) mass is 378 g/mol. The summed E-state index contributed by atoms with van der Waals surface area (Å²) in [5.74, 6) is 0.867. The Hall–Kier alpha value is -2.49. The van der Waals surface area contributed by atoms with Crippen LogP contribution in [0, 0.1) is 0 Å². The summed E-state index contributed by atoms with van der Waals surface area (Å²) >= 11 is 6.29. The zero-order chi connectivity index (χ0) is 18.8. The van der Waals surface area contributed by atoms with Crippen molar-refractivity contribution in [3.05, 3.63) is 65.2 Å². The fourth-order valence-electron chi connectivity index (χ4n) is 3.74. The smallest absolute Gasteiger partial charge is 0.128 e. The normalized spacial score (nSPS) is 11.4. The van der Waals surface area contributed by atoms with E-state index in [2.05, 4.69) is 35.3 Å². The van der Waals surface area contributed by atoms with E-state index in [0.717, 1.165) is 46.8 Å². The summed E-state index contributed by atoms with van der Waals surface area (Å²) in [7, 11) is 1.72. The third kappa shape index (κ3) is 3.41. The summed E-state index contributed by atoms with van der Waals surface area (Å²) in [6.07, 6.45) is 2.99. The summed E-state index contributed by atoms with van der Waals surface area (Å²) in [5.41, 5.74) is 10.3. The summed E-state index contributed by atoms with van der Waals surface area (Å²) in [4.78, 5) is 3.60. The first kappa shape index (κ1) is 17.9. The minimum Gasteiger partial charge on any atom is -0.496 e. The van der Waals surface area contributed by atoms with E-state index in [1.807, 2.05) is 24.3 Å². The van der Waals surface area contributed by atoms with E-state index in [0.29, 0.717) is 6.54 Å². The number of aryl methyl sites for hydroxylation is 1. The Morgan fingerprint density at radius 3 is 2.52 bits per heavy atom. The van der Waals surface area contributed by atoms with Crippen molar-refractivity contribution in [1.29, 1.82) is 0 Å². The molecule has 4 rings (SSSR count). The Bertz CT molecular complexity index is 1100. The maximum atomic E-state index is 6.29. The largest absolute Gasteiger partial charge is 0.496 e. The lowest BCUT2D eigenvalue weighted by atomic mass is 9.97. The predicted octanol–water partition coefficient (Wildman–Crippen LogP) is 5.93. The number of aromatic amines is 1. The molecule has 27 heavy (non-hydrogen) atoms. The van der Waals surface area contributed by atoms with Gasteiger partial charge in [-0.3, -0.25) is 0 Å². The zero-order valence-electron chi connectivity index (χ0n) is 15.4. The molecule has 0 unspecified atom stereocenters. The molecule has 3 nitrogen and oxygen atoms in total. The van der Waals surface area contributed by atoms with Crippen molar-refractivity contribution < 1.29 is 4.74 Å². The van der Waals surface area contributed by atoms with Gasteiger partial charge in [0.05, 0.1) is 12.8 Å². The van der Waals surface area contributed by atoms with E-state index in [4.69, 9.17) is 22.1 Å². The van der Waals surface area contributed by atoms with Crippen LogP contribution in [0.25, 0.3) is 32.9 Å². The highest BCUT2D eigenvalue weighted by Gasteiger charge is 2.17. The molecule has 0 aliphatic heterocycles. The number of hydrogen-bond acceptors (Lipinski definition) is 2. The number of aromatic nitrogens is 1. The molecular formula is C23H23ClN2O. The van der Waals surface area contributed by atoms with Crippen LogP contribution in [0.1, 0.15) is 18.4 Å².